The van der Waals surface area contributed by atoms with Gasteiger partial charge in [-0.05, 0) is 42.7 Å². The lowest BCUT2D eigenvalue weighted by Gasteiger charge is -2.25. The van der Waals surface area contributed by atoms with Crippen LogP contribution in [0.4, 0.5) is 0 Å². The highest BCUT2D eigenvalue weighted by molar-refractivity contribution is 7.07. The lowest BCUT2D eigenvalue weighted by Crippen LogP contribution is -2.39. The Bertz CT molecular complexity index is 1580. The SMILES string of the molecule is C=CCOC(=O)C1=C(C)N=c2s/c(=C\C=C\c3ccccc3)c(=O)n2C1c1ccc(OCCCC)c(OC)c1. The fraction of sp³-hybridized carbons (Fsp3) is 0.258. The summed E-state index contributed by atoms with van der Waals surface area (Å²) in [6, 6.07) is 14.5. The first kappa shape index (κ1) is 27.9. The van der Waals surface area contributed by atoms with Gasteiger partial charge in [-0.2, -0.15) is 0 Å². The first-order valence-electron chi connectivity index (χ1n) is 12.8. The van der Waals surface area contributed by atoms with Gasteiger partial charge in [0.15, 0.2) is 16.3 Å². The van der Waals surface area contributed by atoms with Crippen molar-refractivity contribution in [1.29, 1.82) is 0 Å². The molecule has 1 aromatic heterocycles. The second-order valence-corrected chi connectivity index (χ2v) is 9.88. The maximum Gasteiger partial charge on any atom is 0.338 e. The van der Waals surface area contributed by atoms with Crippen LogP contribution < -0.4 is 24.4 Å². The summed E-state index contributed by atoms with van der Waals surface area (Å²) in [6.07, 6.45) is 8.98. The summed E-state index contributed by atoms with van der Waals surface area (Å²) in [5, 5.41) is 0. The van der Waals surface area contributed by atoms with Crippen molar-refractivity contribution in [2.75, 3.05) is 20.3 Å². The number of esters is 1. The zero-order chi connectivity index (χ0) is 27.8. The molecule has 7 nitrogen and oxygen atoms in total. The number of rotatable bonds is 11. The zero-order valence-corrected chi connectivity index (χ0v) is 23.2. The molecule has 0 N–H and O–H groups in total. The smallest absolute Gasteiger partial charge is 0.338 e. The topological polar surface area (TPSA) is 79.1 Å². The summed E-state index contributed by atoms with van der Waals surface area (Å²) in [5.74, 6) is 0.566. The van der Waals surface area contributed by atoms with E-state index >= 15 is 0 Å². The molecule has 202 valence electrons. The van der Waals surface area contributed by atoms with Gasteiger partial charge < -0.3 is 14.2 Å². The lowest BCUT2D eigenvalue weighted by molar-refractivity contribution is -0.138. The van der Waals surface area contributed by atoms with Gasteiger partial charge in [0.1, 0.15) is 6.61 Å². The molecule has 1 atom stereocenters. The third-order valence-electron chi connectivity index (χ3n) is 6.17. The van der Waals surface area contributed by atoms with E-state index in [9.17, 15) is 9.59 Å². The molecular weight excluding hydrogens is 512 g/mol. The molecule has 39 heavy (non-hydrogen) atoms. The monoisotopic (exact) mass is 544 g/mol. The quantitative estimate of drug-likeness (QED) is 0.197. The fourth-order valence-electron chi connectivity index (χ4n) is 4.24. The van der Waals surface area contributed by atoms with E-state index in [2.05, 4.69) is 18.5 Å². The number of nitrogens with zero attached hydrogens (tertiary/aromatic N) is 2. The number of hydrogen-bond acceptors (Lipinski definition) is 7. The number of methoxy groups -OCH3 is 1. The Hall–Kier alpha value is -4.17. The van der Waals surface area contributed by atoms with Crippen LogP contribution >= 0.6 is 11.3 Å². The largest absolute Gasteiger partial charge is 0.493 e. The number of hydrogen-bond donors (Lipinski definition) is 0. The maximum absolute atomic E-state index is 13.7. The second-order valence-electron chi connectivity index (χ2n) is 8.87. The second kappa shape index (κ2) is 13.1. The maximum atomic E-state index is 13.7. The number of unbranched alkanes of at least 4 members (excludes halogenated alkanes) is 1. The van der Waals surface area contributed by atoms with Crippen molar-refractivity contribution in [3.8, 4) is 11.5 Å². The number of carbonyl (C=O) groups excluding carboxylic acids is 1. The van der Waals surface area contributed by atoms with E-state index in [1.165, 1.54) is 17.4 Å². The van der Waals surface area contributed by atoms with Gasteiger partial charge in [0.05, 0.1) is 35.6 Å². The van der Waals surface area contributed by atoms with Crippen LogP contribution in [0, 0.1) is 0 Å². The Morgan fingerprint density at radius 2 is 1.97 bits per heavy atom. The minimum absolute atomic E-state index is 0.0462. The van der Waals surface area contributed by atoms with Crippen LogP contribution in [-0.4, -0.2) is 30.9 Å². The molecule has 1 aliphatic heterocycles. The number of carbonyl (C=O) groups is 1. The number of benzene rings is 2. The van der Waals surface area contributed by atoms with Crippen molar-refractivity contribution in [1.82, 2.24) is 4.57 Å². The average Bonchev–Trinajstić information content (AvgIpc) is 3.26. The van der Waals surface area contributed by atoms with Gasteiger partial charge in [-0.1, -0.05) is 85.9 Å². The van der Waals surface area contributed by atoms with Crippen LogP contribution in [-0.2, 0) is 9.53 Å². The molecule has 0 saturated carbocycles. The molecule has 2 aromatic carbocycles. The van der Waals surface area contributed by atoms with E-state index in [1.807, 2.05) is 54.6 Å². The standard InChI is InChI=1S/C31H32N2O5S/c1-5-7-19-37-24-17-16-23(20-25(24)36-4)28-27(30(35)38-18-6-2)21(3)32-31-33(28)29(34)26(39-31)15-11-14-22-12-9-8-10-13-22/h6,8-17,20,28H,2,5,7,18-19H2,1,3-4H3/b14-11+,26-15-. The van der Waals surface area contributed by atoms with Gasteiger partial charge in [0, 0.05) is 0 Å². The van der Waals surface area contributed by atoms with Crippen molar-refractivity contribution in [3.05, 3.63) is 109 Å². The third kappa shape index (κ3) is 6.29. The van der Waals surface area contributed by atoms with Crippen molar-refractivity contribution >= 4 is 29.5 Å². The minimum atomic E-state index is -0.752. The minimum Gasteiger partial charge on any atom is -0.493 e. The van der Waals surface area contributed by atoms with Crippen LogP contribution in [0.3, 0.4) is 0 Å². The molecule has 0 spiro atoms. The summed E-state index contributed by atoms with van der Waals surface area (Å²) < 4.78 is 19.0. The number of allylic oxidation sites excluding steroid dienone is 2. The summed E-state index contributed by atoms with van der Waals surface area (Å²) in [6.45, 7) is 8.09. The first-order chi connectivity index (χ1) is 19.0. The van der Waals surface area contributed by atoms with E-state index in [-0.39, 0.29) is 17.7 Å². The molecule has 2 heterocycles. The highest BCUT2D eigenvalue weighted by Gasteiger charge is 2.34. The van der Waals surface area contributed by atoms with E-state index in [0.29, 0.717) is 38.7 Å². The highest BCUT2D eigenvalue weighted by atomic mass is 32.1. The first-order valence-corrected chi connectivity index (χ1v) is 13.6. The molecule has 8 heteroatoms. The van der Waals surface area contributed by atoms with Gasteiger partial charge in [-0.3, -0.25) is 9.36 Å². The summed E-state index contributed by atoms with van der Waals surface area (Å²) >= 11 is 1.28. The Kier molecular flexibility index (Phi) is 9.33. The Morgan fingerprint density at radius 3 is 2.69 bits per heavy atom. The van der Waals surface area contributed by atoms with Gasteiger partial charge >= 0.3 is 5.97 Å². The molecule has 3 aromatic rings. The van der Waals surface area contributed by atoms with E-state index in [4.69, 9.17) is 14.2 Å². The Morgan fingerprint density at radius 1 is 1.18 bits per heavy atom. The average molecular weight is 545 g/mol. The van der Waals surface area contributed by atoms with Crippen LogP contribution in [0.2, 0.25) is 0 Å². The molecule has 1 unspecified atom stereocenters. The Balaban J connectivity index is 1.83. The predicted octanol–water partition coefficient (Wildman–Crippen LogP) is 4.82. The van der Waals surface area contributed by atoms with Gasteiger partial charge in [-0.15, -0.1) is 0 Å². The van der Waals surface area contributed by atoms with Gasteiger partial charge in [0.25, 0.3) is 5.56 Å². The summed E-state index contributed by atoms with van der Waals surface area (Å²) in [4.78, 5) is 32.1. The molecule has 0 fully saturated rings. The fourth-order valence-corrected chi connectivity index (χ4v) is 5.23. The van der Waals surface area contributed by atoms with E-state index in [0.717, 1.165) is 18.4 Å². The van der Waals surface area contributed by atoms with Crippen LogP contribution in [0.1, 0.15) is 43.9 Å². The van der Waals surface area contributed by atoms with Crippen LogP contribution in [0.5, 0.6) is 11.5 Å². The number of aromatic nitrogens is 1. The van der Waals surface area contributed by atoms with Gasteiger partial charge in [-0.25, -0.2) is 9.79 Å². The van der Waals surface area contributed by atoms with Crippen molar-refractivity contribution < 1.29 is 19.0 Å². The highest BCUT2D eigenvalue weighted by Crippen LogP contribution is 2.36. The molecule has 0 aliphatic carbocycles. The number of ether oxygens (including phenoxy) is 3. The van der Waals surface area contributed by atoms with Crippen molar-refractivity contribution in [2.45, 2.75) is 32.7 Å². The normalized spacial score (nSPS) is 15.2. The lowest BCUT2D eigenvalue weighted by atomic mass is 9.95. The molecule has 0 radical (unpaired) electrons. The van der Waals surface area contributed by atoms with Crippen molar-refractivity contribution in [3.63, 3.8) is 0 Å². The predicted molar refractivity (Wildman–Crippen MR) is 155 cm³/mol. The van der Waals surface area contributed by atoms with Crippen LogP contribution in [0.25, 0.3) is 12.2 Å². The van der Waals surface area contributed by atoms with Gasteiger partial charge in [0.2, 0.25) is 0 Å². The molecular formula is C31H32N2O5S. The Labute approximate surface area is 231 Å². The van der Waals surface area contributed by atoms with Crippen LogP contribution in [0.15, 0.2) is 88.3 Å². The molecule has 4 rings (SSSR count). The van der Waals surface area contributed by atoms with Crippen molar-refractivity contribution in [2.24, 2.45) is 4.99 Å². The molecule has 0 saturated heterocycles. The molecule has 0 bridgehead atoms. The molecule has 1 aliphatic rings. The number of fused-ring (bicyclic) bond motifs is 1. The van der Waals surface area contributed by atoms with E-state index in [1.54, 1.807) is 30.7 Å². The zero-order valence-electron chi connectivity index (χ0n) is 22.4. The van der Waals surface area contributed by atoms with E-state index < -0.39 is 12.0 Å². The third-order valence-corrected chi connectivity index (χ3v) is 7.17. The number of thiazole rings is 1. The molecule has 0 amide bonds. The summed E-state index contributed by atoms with van der Waals surface area (Å²) in [7, 11) is 1.57. The summed E-state index contributed by atoms with van der Waals surface area (Å²) in [5.41, 5.74) is 2.24.